The van der Waals surface area contributed by atoms with Crippen LogP contribution in [0.3, 0.4) is 0 Å². The number of anilines is 1. The molecule has 1 aliphatic heterocycles. The van der Waals surface area contributed by atoms with Crippen molar-refractivity contribution >= 4 is 23.5 Å². The number of imide groups is 1. The highest BCUT2D eigenvalue weighted by Crippen LogP contribution is 2.36. The van der Waals surface area contributed by atoms with Crippen LogP contribution >= 0.6 is 0 Å². The number of rotatable bonds is 9. The van der Waals surface area contributed by atoms with Gasteiger partial charge < -0.3 is 19.7 Å². The molecule has 1 aliphatic carbocycles. The molecule has 8 heteroatoms. The van der Waals surface area contributed by atoms with Gasteiger partial charge in [-0.25, -0.2) is 9.69 Å². The Balaban J connectivity index is 1.44. The summed E-state index contributed by atoms with van der Waals surface area (Å²) in [6, 6.07) is 12.5. The highest BCUT2D eigenvalue weighted by Gasteiger charge is 2.47. The summed E-state index contributed by atoms with van der Waals surface area (Å²) in [5.74, 6) is 0.629. The van der Waals surface area contributed by atoms with Crippen molar-refractivity contribution in [2.24, 2.45) is 5.92 Å². The fraction of sp³-hybridized carbons (Fsp3) is 0.464. The number of fused-ring (bicyclic) bond motifs is 1. The molecule has 192 valence electrons. The third kappa shape index (κ3) is 5.32. The van der Waals surface area contributed by atoms with Gasteiger partial charge in [0.2, 0.25) is 11.8 Å². The molecule has 2 aromatic carbocycles. The summed E-state index contributed by atoms with van der Waals surface area (Å²) in [6.45, 7) is 2.42. The maximum absolute atomic E-state index is 13.5. The normalized spacial score (nSPS) is 19.6. The third-order valence-electron chi connectivity index (χ3n) is 7.20. The van der Waals surface area contributed by atoms with Gasteiger partial charge in [0.15, 0.2) is 11.5 Å². The van der Waals surface area contributed by atoms with Gasteiger partial charge in [0.25, 0.3) is 0 Å². The molecule has 2 unspecified atom stereocenters. The summed E-state index contributed by atoms with van der Waals surface area (Å²) >= 11 is 0. The van der Waals surface area contributed by atoms with Crippen LogP contribution in [0.5, 0.6) is 11.5 Å². The van der Waals surface area contributed by atoms with E-state index in [9.17, 15) is 14.4 Å². The molecule has 2 aromatic rings. The van der Waals surface area contributed by atoms with Gasteiger partial charge in [-0.15, -0.1) is 0 Å². The minimum absolute atomic E-state index is 0.0667. The maximum Gasteiger partial charge on any atom is 0.332 e. The summed E-state index contributed by atoms with van der Waals surface area (Å²) in [7, 11) is 3.18. The van der Waals surface area contributed by atoms with E-state index >= 15 is 0 Å². The summed E-state index contributed by atoms with van der Waals surface area (Å²) < 4.78 is 10.6. The Morgan fingerprint density at radius 2 is 1.67 bits per heavy atom. The van der Waals surface area contributed by atoms with Crippen LogP contribution in [0.15, 0.2) is 42.5 Å². The summed E-state index contributed by atoms with van der Waals surface area (Å²) in [4.78, 5) is 42.6. The Hall–Kier alpha value is -3.55. The number of aryl methyl sites for hydroxylation is 1. The van der Waals surface area contributed by atoms with Gasteiger partial charge in [-0.1, -0.05) is 38.0 Å². The van der Waals surface area contributed by atoms with Crippen LogP contribution in [0.2, 0.25) is 0 Å². The number of amides is 4. The first-order chi connectivity index (χ1) is 17.5. The van der Waals surface area contributed by atoms with Gasteiger partial charge in [0, 0.05) is 12.6 Å². The number of nitrogens with one attached hydrogen (secondary N) is 1. The van der Waals surface area contributed by atoms with Crippen LogP contribution in [0.25, 0.3) is 0 Å². The first-order valence-electron chi connectivity index (χ1n) is 12.7. The van der Waals surface area contributed by atoms with Crippen molar-refractivity contribution in [3.8, 4) is 11.5 Å². The standard InChI is InChI=1S/C28H35N3O5/c1-4-19-9-12-21(13-10-19)31-27(33)22-7-5-6-8-23(22)30(28(31)34)18-26(32)29-16-15-20-11-14-24(35-2)25(17-20)36-3/h9-14,17,22-23H,4-8,15-16,18H2,1-3H3,(H,29,32). The molecule has 1 saturated heterocycles. The van der Waals surface area contributed by atoms with Gasteiger partial charge in [0.05, 0.1) is 25.8 Å². The van der Waals surface area contributed by atoms with E-state index in [1.165, 1.54) is 4.90 Å². The fourth-order valence-electron chi connectivity index (χ4n) is 5.20. The second-order valence-electron chi connectivity index (χ2n) is 9.35. The predicted octanol–water partition coefficient (Wildman–Crippen LogP) is 3.95. The van der Waals surface area contributed by atoms with E-state index in [0.29, 0.717) is 30.2 Å². The Bertz CT molecular complexity index is 1100. The summed E-state index contributed by atoms with van der Waals surface area (Å²) in [6.07, 6.45) is 4.86. The van der Waals surface area contributed by atoms with Crippen LogP contribution < -0.4 is 19.7 Å². The molecular formula is C28H35N3O5. The zero-order valence-electron chi connectivity index (χ0n) is 21.3. The Morgan fingerprint density at radius 3 is 2.36 bits per heavy atom. The van der Waals surface area contributed by atoms with E-state index < -0.39 is 6.03 Å². The zero-order chi connectivity index (χ0) is 25.7. The van der Waals surface area contributed by atoms with Crippen molar-refractivity contribution < 1.29 is 23.9 Å². The third-order valence-corrected chi connectivity index (χ3v) is 7.20. The van der Waals surface area contributed by atoms with Crippen LogP contribution in [0.1, 0.15) is 43.7 Å². The lowest BCUT2D eigenvalue weighted by Crippen LogP contribution is -2.64. The van der Waals surface area contributed by atoms with E-state index in [0.717, 1.165) is 43.2 Å². The molecule has 1 heterocycles. The number of carbonyl (C=O) groups excluding carboxylic acids is 3. The van der Waals surface area contributed by atoms with E-state index in [4.69, 9.17) is 9.47 Å². The minimum Gasteiger partial charge on any atom is -0.493 e. The quantitative estimate of drug-likeness (QED) is 0.572. The summed E-state index contributed by atoms with van der Waals surface area (Å²) in [5, 5.41) is 2.93. The molecule has 0 spiro atoms. The van der Waals surface area contributed by atoms with Crippen LogP contribution in [0, 0.1) is 5.92 Å². The lowest BCUT2D eigenvalue weighted by atomic mass is 9.81. The Morgan fingerprint density at radius 1 is 0.972 bits per heavy atom. The molecule has 36 heavy (non-hydrogen) atoms. The van der Waals surface area contributed by atoms with Gasteiger partial charge in [-0.05, 0) is 61.1 Å². The molecule has 4 rings (SSSR count). The minimum atomic E-state index is -0.414. The molecule has 0 bridgehead atoms. The first kappa shape index (κ1) is 25.5. The van der Waals surface area contributed by atoms with Crippen molar-refractivity contribution in [1.29, 1.82) is 0 Å². The van der Waals surface area contributed by atoms with E-state index in [-0.39, 0.29) is 30.3 Å². The Labute approximate surface area is 212 Å². The smallest absolute Gasteiger partial charge is 0.332 e. The van der Waals surface area contributed by atoms with Crippen LogP contribution in [-0.4, -0.2) is 56.1 Å². The average molecular weight is 494 g/mol. The van der Waals surface area contributed by atoms with Crippen molar-refractivity contribution in [3.05, 3.63) is 53.6 Å². The van der Waals surface area contributed by atoms with Gasteiger partial charge >= 0.3 is 6.03 Å². The second kappa shape index (κ2) is 11.5. The number of methoxy groups -OCH3 is 2. The number of carbonyl (C=O) groups is 3. The topological polar surface area (TPSA) is 88.2 Å². The molecule has 8 nitrogen and oxygen atoms in total. The molecule has 0 radical (unpaired) electrons. The van der Waals surface area contributed by atoms with Crippen molar-refractivity contribution in [2.75, 3.05) is 32.2 Å². The Kier molecular flexibility index (Phi) is 8.13. The largest absolute Gasteiger partial charge is 0.493 e. The molecule has 2 fully saturated rings. The maximum atomic E-state index is 13.5. The van der Waals surface area contributed by atoms with Gasteiger partial charge in [0.1, 0.15) is 6.54 Å². The van der Waals surface area contributed by atoms with Crippen molar-refractivity contribution in [3.63, 3.8) is 0 Å². The number of hydrogen-bond acceptors (Lipinski definition) is 5. The molecule has 2 aliphatic rings. The first-order valence-corrected chi connectivity index (χ1v) is 12.7. The van der Waals surface area contributed by atoms with E-state index in [1.54, 1.807) is 19.1 Å². The lowest BCUT2D eigenvalue weighted by Gasteiger charge is -2.46. The zero-order valence-corrected chi connectivity index (χ0v) is 21.3. The van der Waals surface area contributed by atoms with E-state index in [2.05, 4.69) is 12.2 Å². The number of hydrogen-bond donors (Lipinski definition) is 1. The SMILES string of the molecule is CCc1ccc(N2C(=O)C3CCCCC3N(CC(=O)NCCc3ccc(OC)c(OC)c3)C2=O)cc1. The molecular weight excluding hydrogens is 458 g/mol. The van der Waals surface area contributed by atoms with Crippen molar-refractivity contribution in [1.82, 2.24) is 10.2 Å². The lowest BCUT2D eigenvalue weighted by molar-refractivity contribution is -0.129. The molecule has 1 N–H and O–H groups in total. The van der Waals surface area contributed by atoms with Crippen molar-refractivity contribution in [2.45, 2.75) is 51.5 Å². The predicted molar refractivity (Wildman–Crippen MR) is 137 cm³/mol. The average Bonchev–Trinajstić information content (AvgIpc) is 2.91. The number of urea groups is 1. The second-order valence-corrected chi connectivity index (χ2v) is 9.35. The van der Waals surface area contributed by atoms with Crippen LogP contribution in [0.4, 0.5) is 10.5 Å². The molecule has 4 amide bonds. The summed E-state index contributed by atoms with van der Waals surface area (Å²) in [5.41, 5.74) is 2.70. The van der Waals surface area contributed by atoms with E-state index in [1.807, 2.05) is 42.5 Å². The fourth-order valence-corrected chi connectivity index (χ4v) is 5.20. The molecule has 2 atom stereocenters. The number of ether oxygens (including phenoxy) is 2. The highest BCUT2D eigenvalue weighted by atomic mass is 16.5. The van der Waals surface area contributed by atoms with Gasteiger partial charge in [-0.2, -0.15) is 0 Å². The van der Waals surface area contributed by atoms with Crippen LogP contribution in [-0.2, 0) is 22.4 Å². The number of benzene rings is 2. The van der Waals surface area contributed by atoms with Gasteiger partial charge in [-0.3, -0.25) is 9.59 Å². The molecule has 0 aromatic heterocycles. The monoisotopic (exact) mass is 493 g/mol. The molecule has 1 saturated carbocycles. The number of nitrogens with zero attached hydrogens (tertiary/aromatic N) is 2. The highest BCUT2D eigenvalue weighted by molar-refractivity contribution is 6.17.